The molecular formula is C25H26N2O3S2. The SMILES string of the molecule is O=C(NCC1(c2ccc3c(c2)OCCO3)CCCC1)c1ccccc1SCc1cscn1. The van der Waals surface area contributed by atoms with Crippen molar-refractivity contribution in [2.75, 3.05) is 19.8 Å². The first-order valence-corrected chi connectivity index (χ1v) is 12.9. The van der Waals surface area contributed by atoms with Crippen LogP contribution >= 0.6 is 23.1 Å². The number of benzene rings is 2. The van der Waals surface area contributed by atoms with E-state index in [0.29, 0.717) is 19.8 Å². The second-order valence-electron chi connectivity index (χ2n) is 8.29. The molecule has 0 spiro atoms. The van der Waals surface area contributed by atoms with Gasteiger partial charge in [-0.3, -0.25) is 4.79 Å². The monoisotopic (exact) mass is 466 g/mol. The van der Waals surface area contributed by atoms with Crippen molar-refractivity contribution in [2.45, 2.75) is 41.7 Å². The second kappa shape index (κ2) is 9.55. The molecule has 1 aliphatic carbocycles. The topological polar surface area (TPSA) is 60.5 Å². The molecule has 2 aromatic carbocycles. The Balaban J connectivity index is 1.31. The zero-order valence-corrected chi connectivity index (χ0v) is 19.5. The Hall–Kier alpha value is -2.51. The molecule has 166 valence electrons. The normalized spacial score (nSPS) is 16.6. The summed E-state index contributed by atoms with van der Waals surface area (Å²) in [4.78, 5) is 18.5. The predicted molar refractivity (Wildman–Crippen MR) is 128 cm³/mol. The summed E-state index contributed by atoms with van der Waals surface area (Å²) in [5.74, 6) is 2.36. The van der Waals surface area contributed by atoms with Crippen LogP contribution in [0.15, 0.2) is 58.3 Å². The molecule has 1 aromatic heterocycles. The summed E-state index contributed by atoms with van der Waals surface area (Å²) >= 11 is 3.25. The smallest absolute Gasteiger partial charge is 0.252 e. The average molecular weight is 467 g/mol. The molecule has 3 aromatic rings. The number of ether oxygens (including phenoxy) is 2. The molecule has 0 atom stereocenters. The molecule has 0 saturated heterocycles. The van der Waals surface area contributed by atoms with Crippen LogP contribution < -0.4 is 14.8 Å². The van der Waals surface area contributed by atoms with Crippen LogP contribution in [0.5, 0.6) is 11.5 Å². The number of hydrogen-bond acceptors (Lipinski definition) is 6. The van der Waals surface area contributed by atoms with Crippen LogP contribution in [-0.2, 0) is 11.2 Å². The minimum atomic E-state index is -0.0613. The number of nitrogens with zero attached hydrogens (tertiary/aromatic N) is 1. The van der Waals surface area contributed by atoms with Crippen molar-refractivity contribution in [1.29, 1.82) is 0 Å². The Kier molecular flexibility index (Phi) is 6.37. The van der Waals surface area contributed by atoms with Crippen LogP contribution in [0, 0.1) is 0 Å². The minimum absolute atomic E-state index is 0.0183. The van der Waals surface area contributed by atoms with E-state index in [0.717, 1.165) is 46.2 Å². The summed E-state index contributed by atoms with van der Waals surface area (Å²) < 4.78 is 11.5. The maximum atomic E-state index is 13.2. The van der Waals surface area contributed by atoms with Gasteiger partial charge in [0.1, 0.15) is 13.2 Å². The van der Waals surface area contributed by atoms with Gasteiger partial charge in [-0.2, -0.15) is 0 Å². The molecule has 2 heterocycles. The Morgan fingerprint density at radius 3 is 2.72 bits per heavy atom. The summed E-state index contributed by atoms with van der Waals surface area (Å²) in [6, 6.07) is 14.1. The van der Waals surface area contributed by atoms with Crippen LogP contribution in [0.4, 0.5) is 0 Å². The van der Waals surface area contributed by atoms with E-state index in [1.165, 1.54) is 18.4 Å². The highest BCUT2D eigenvalue weighted by Gasteiger charge is 2.37. The highest BCUT2D eigenvalue weighted by Crippen LogP contribution is 2.44. The number of nitrogens with one attached hydrogen (secondary N) is 1. The molecule has 1 amide bonds. The Bertz CT molecular complexity index is 1080. The van der Waals surface area contributed by atoms with Gasteiger partial charge >= 0.3 is 0 Å². The van der Waals surface area contributed by atoms with Gasteiger partial charge in [0.2, 0.25) is 0 Å². The first-order valence-electron chi connectivity index (χ1n) is 11.0. The van der Waals surface area contributed by atoms with Gasteiger partial charge in [0.25, 0.3) is 5.91 Å². The van der Waals surface area contributed by atoms with E-state index >= 15 is 0 Å². The fourth-order valence-corrected chi connectivity index (χ4v) is 6.19. The Morgan fingerprint density at radius 1 is 1.09 bits per heavy atom. The summed E-state index contributed by atoms with van der Waals surface area (Å²) in [7, 11) is 0. The number of thiazole rings is 1. The van der Waals surface area contributed by atoms with Crippen molar-refractivity contribution in [1.82, 2.24) is 10.3 Å². The number of amides is 1. The summed E-state index contributed by atoms with van der Waals surface area (Å²) in [6.07, 6.45) is 4.47. The summed E-state index contributed by atoms with van der Waals surface area (Å²) in [5.41, 5.74) is 4.77. The van der Waals surface area contributed by atoms with Crippen molar-refractivity contribution in [3.63, 3.8) is 0 Å². The number of thioether (sulfide) groups is 1. The van der Waals surface area contributed by atoms with E-state index in [-0.39, 0.29) is 11.3 Å². The largest absolute Gasteiger partial charge is 0.486 e. The van der Waals surface area contributed by atoms with Crippen molar-refractivity contribution >= 4 is 29.0 Å². The molecule has 7 heteroatoms. The zero-order valence-electron chi connectivity index (χ0n) is 17.8. The van der Waals surface area contributed by atoms with Gasteiger partial charge in [0, 0.05) is 28.0 Å². The fourth-order valence-electron chi connectivity index (χ4n) is 4.58. The van der Waals surface area contributed by atoms with E-state index < -0.39 is 0 Å². The van der Waals surface area contributed by atoms with E-state index in [4.69, 9.17) is 9.47 Å². The van der Waals surface area contributed by atoms with Crippen LogP contribution in [0.2, 0.25) is 0 Å². The first-order chi connectivity index (χ1) is 15.7. The molecule has 1 aliphatic heterocycles. The maximum Gasteiger partial charge on any atom is 0.252 e. The van der Waals surface area contributed by atoms with Gasteiger partial charge in [-0.15, -0.1) is 23.1 Å². The number of fused-ring (bicyclic) bond motifs is 1. The molecule has 0 bridgehead atoms. The van der Waals surface area contributed by atoms with Gasteiger partial charge in [0.15, 0.2) is 11.5 Å². The van der Waals surface area contributed by atoms with E-state index in [2.05, 4.69) is 22.4 Å². The standard InChI is InChI=1S/C25H26N2O3S2/c28-24(20-5-1-2-6-23(20)32-15-19-14-31-17-27-19)26-16-25(9-3-4-10-25)18-7-8-21-22(13-18)30-12-11-29-21/h1-2,5-8,13-14,17H,3-4,9-12,15-16H2,(H,26,28). The highest BCUT2D eigenvalue weighted by atomic mass is 32.2. The molecule has 0 unspecified atom stereocenters. The van der Waals surface area contributed by atoms with Gasteiger partial charge in [-0.05, 0) is 42.7 Å². The number of carbonyl (C=O) groups is 1. The lowest BCUT2D eigenvalue weighted by Crippen LogP contribution is -2.39. The lowest BCUT2D eigenvalue weighted by Gasteiger charge is -2.31. The van der Waals surface area contributed by atoms with E-state index in [1.54, 1.807) is 23.1 Å². The highest BCUT2D eigenvalue weighted by molar-refractivity contribution is 7.98. The van der Waals surface area contributed by atoms with Crippen molar-refractivity contribution in [2.24, 2.45) is 0 Å². The first kappa shape index (κ1) is 21.3. The minimum Gasteiger partial charge on any atom is -0.486 e. The summed E-state index contributed by atoms with van der Waals surface area (Å²) in [5, 5.41) is 5.30. The Labute approximate surface area is 196 Å². The molecule has 0 radical (unpaired) electrons. The van der Waals surface area contributed by atoms with Crippen molar-refractivity contribution < 1.29 is 14.3 Å². The van der Waals surface area contributed by atoms with E-state index in [1.807, 2.05) is 41.2 Å². The fraction of sp³-hybridized carbons (Fsp3) is 0.360. The van der Waals surface area contributed by atoms with Gasteiger partial charge < -0.3 is 14.8 Å². The molecule has 1 fully saturated rings. The summed E-state index contributed by atoms with van der Waals surface area (Å²) in [6.45, 7) is 1.79. The number of aromatic nitrogens is 1. The average Bonchev–Trinajstić information content (AvgIpc) is 3.54. The molecule has 5 nitrogen and oxygen atoms in total. The Morgan fingerprint density at radius 2 is 1.91 bits per heavy atom. The molecule has 5 rings (SSSR count). The third kappa shape index (κ3) is 4.50. The number of rotatable bonds is 7. The molecule has 1 N–H and O–H groups in total. The maximum absolute atomic E-state index is 13.2. The van der Waals surface area contributed by atoms with Crippen LogP contribution in [0.25, 0.3) is 0 Å². The predicted octanol–water partition coefficient (Wildman–Crippen LogP) is 5.45. The lowest BCUT2D eigenvalue weighted by atomic mass is 9.78. The van der Waals surface area contributed by atoms with Gasteiger partial charge in [-0.25, -0.2) is 4.98 Å². The van der Waals surface area contributed by atoms with Crippen molar-refractivity contribution in [3.05, 3.63) is 70.2 Å². The van der Waals surface area contributed by atoms with Gasteiger partial charge in [0.05, 0.1) is 16.8 Å². The second-order valence-corrected chi connectivity index (χ2v) is 10.0. The van der Waals surface area contributed by atoms with Crippen molar-refractivity contribution in [3.8, 4) is 11.5 Å². The number of hydrogen-bond donors (Lipinski definition) is 1. The molecular weight excluding hydrogens is 440 g/mol. The molecule has 1 saturated carbocycles. The third-order valence-corrected chi connectivity index (χ3v) is 8.04. The molecule has 2 aliphatic rings. The van der Waals surface area contributed by atoms with Crippen LogP contribution in [0.1, 0.15) is 47.3 Å². The number of carbonyl (C=O) groups excluding carboxylic acids is 1. The quantitative estimate of drug-likeness (QED) is 0.469. The van der Waals surface area contributed by atoms with E-state index in [9.17, 15) is 4.79 Å². The van der Waals surface area contributed by atoms with Gasteiger partial charge in [-0.1, -0.05) is 31.0 Å². The lowest BCUT2D eigenvalue weighted by molar-refractivity contribution is 0.0940. The van der Waals surface area contributed by atoms with Crippen LogP contribution in [-0.4, -0.2) is 30.6 Å². The third-order valence-electron chi connectivity index (χ3n) is 6.29. The van der Waals surface area contributed by atoms with Crippen LogP contribution in [0.3, 0.4) is 0 Å². The molecule has 32 heavy (non-hydrogen) atoms. The zero-order chi connectivity index (χ0) is 21.8.